The van der Waals surface area contributed by atoms with E-state index in [1.165, 1.54) is 0 Å². The Morgan fingerprint density at radius 1 is 1.00 bits per heavy atom. The molecule has 33 heavy (non-hydrogen) atoms. The van der Waals surface area contributed by atoms with Gasteiger partial charge in [0.2, 0.25) is 0 Å². The Kier molecular flexibility index (Phi) is 5.24. The van der Waals surface area contributed by atoms with Crippen LogP contribution < -0.4 is 15.7 Å². The lowest BCUT2D eigenvalue weighted by Crippen LogP contribution is -2.12. The average Bonchev–Trinajstić information content (AvgIpc) is 3.42. The first-order valence-corrected chi connectivity index (χ1v) is 10.4. The van der Waals surface area contributed by atoms with Crippen molar-refractivity contribution in [1.82, 2.24) is 19.7 Å². The number of methoxy groups -OCH3 is 1. The Balaban J connectivity index is 1.49. The molecule has 0 unspecified atom stereocenters. The Morgan fingerprint density at radius 2 is 1.76 bits per heavy atom. The summed E-state index contributed by atoms with van der Waals surface area (Å²) in [4.78, 5) is 30.2. The number of rotatable bonds is 6. The van der Waals surface area contributed by atoms with E-state index < -0.39 is 0 Å². The highest BCUT2D eigenvalue weighted by Crippen LogP contribution is 2.26. The van der Waals surface area contributed by atoms with Crippen LogP contribution >= 0.6 is 0 Å². The fourth-order valence-corrected chi connectivity index (χ4v) is 3.71. The number of hydrogen-bond acceptors (Lipinski definition) is 4. The zero-order valence-corrected chi connectivity index (χ0v) is 17.8. The van der Waals surface area contributed by atoms with Gasteiger partial charge in [0.15, 0.2) is 0 Å². The first kappa shape index (κ1) is 20.3. The number of anilines is 1. The molecule has 3 N–H and O–H groups in total. The summed E-state index contributed by atoms with van der Waals surface area (Å²) in [6.45, 7) is 0.536. The number of aromatic nitrogens is 4. The summed E-state index contributed by atoms with van der Waals surface area (Å²) in [7, 11) is 1.61. The second-order valence-electron chi connectivity index (χ2n) is 7.60. The van der Waals surface area contributed by atoms with Crippen molar-refractivity contribution < 1.29 is 9.53 Å². The van der Waals surface area contributed by atoms with E-state index in [1.54, 1.807) is 36.2 Å². The molecule has 0 saturated carbocycles. The van der Waals surface area contributed by atoms with E-state index in [0.717, 1.165) is 16.9 Å². The number of nitrogens with one attached hydrogen (secondary N) is 3. The molecule has 0 bridgehead atoms. The topological polar surface area (TPSA) is 105 Å². The van der Waals surface area contributed by atoms with Crippen molar-refractivity contribution in [1.29, 1.82) is 0 Å². The van der Waals surface area contributed by atoms with Crippen LogP contribution in [0.4, 0.5) is 5.69 Å². The number of hydrogen-bond donors (Lipinski definition) is 3. The number of fused-ring (bicyclic) bond motifs is 1. The van der Waals surface area contributed by atoms with Crippen LogP contribution in [0.1, 0.15) is 15.9 Å². The second-order valence-corrected chi connectivity index (χ2v) is 7.60. The average molecular weight is 439 g/mol. The van der Waals surface area contributed by atoms with Crippen molar-refractivity contribution in [2.24, 2.45) is 0 Å². The van der Waals surface area contributed by atoms with E-state index in [1.807, 2.05) is 54.6 Å². The molecule has 0 radical (unpaired) electrons. The van der Waals surface area contributed by atoms with Gasteiger partial charge in [-0.2, -0.15) is 5.10 Å². The van der Waals surface area contributed by atoms with Gasteiger partial charge in [-0.3, -0.25) is 9.48 Å². The van der Waals surface area contributed by atoms with Crippen molar-refractivity contribution in [3.05, 3.63) is 101 Å². The first-order chi connectivity index (χ1) is 16.1. The zero-order chi connectivity index (χ0) is 22.8. The maximum Gasteiger partial charge on any atom is 0.323 e. The molecule has 0 aliphatic carbocycles. The third-order valence-corrected chi connectivity index (χ3v) is 5.33. The molecule has 0 atom stereocenters. The number of nitrogens with zero attached hydrogens (tertiary/aromatic N) is 2. The molecule has 164 valence electrons. The summed E-state index contributed by atoms with van der Waals surface area (Å²) in [5.74, 6) is 0.430. The normalized spacial score (nSPS) is 10.9. The third kappa shape index (κ3) is 4.27. The number of amides is 1. The van der Waals surface area contributed by atoms with E-state index in [9.17, 15) is 9.59 Å². The van der Waals surface area contributed by atoms with Crippen LogP contribution in [0.15, 0.2) is 83.8 Å². The molecule has 8 heteroatoms. The molecule has 2 heterocycles. The van der Waals surface area contributed by atoms with Gasteiger partial charge < -0.3 is 20.0 Å². The molecule has 8 nitrogen and oxygen atoms in total. The van der Waals surface area contributed by atoms with Crippen LogP contribution in [-0.2, 0) is 6.54 Å². The van der Waals surface area contributed by atoms with E-state index >= 15 is 0 Å². The Hall–Kier alpha value is -4.59. The van der Waals surface area contributed by atoms with Crippen LogP contribution in [0.2, 0.25) is 0 Å². The zero-order valence-electron chi connectivity index (χ0n) is 17.8. The molecule has 0 saturated heterocycles. The van der Waals surface area contributed by atoms with Gasteiger partial charge >= 0.3 is 5.69 Å². The van der Waals surface area contributed by atoms with Crippen LogP contribution in [0.3, 0.4) is 0 Å². The summed E-state index contributed by atoms with van der Waals surface area (Å²) < 4.78 is 7.01. The number of carbonyl (C=O) groups is 1. The van der Waals surface area contributed by atoms with E-state index in [-0.39, 0.29) is 11.6 Å². The minimum absolute atomic E-state index is 0.294. The predicted octanol–water partition coefficient (Wildman–Crippen LogP) is 4.03. The van der Waals surface area contributed by atoms with Gasteiger partial charge in [-0.25, -0.2) is 4.79 Å². The van der Waals surface area contributed by atoms with Crippen molar-refractivity contribution in [3.63, 3.8) is 0 Å². The van der Waals surface area contributed by atoms with Crippen molar-refractivity contribution in [3.8, 4) is 17.0 Å². The van der Waals surface area contributed by atoms with Crippen molar-refractivity contribution >= 4 is 22.6 Å². The molecular formula is C25H21N5O3. The van der Waals surface area contributed by atoms with E-state index in [0.29, 0.717) is 34.5 Å². The highest BCUT2D eigenvalue weighted by Gasteiger charge is 2.19. The molecule has 0 spiro atoms. The monoisotopic (exact) mass is 439 g/mol. The van der Waals surface area contributed by atoms with Crippen LogP contribution in [0, 0.1) is 0 Å². The van der Waals surface area contributed by atoms with E-state index in [2.05, 4.69) is 15.3 Å². The molecule has 3 aromatic carbocycles. The smallest absolute Gasteiger partial charge is 0.323 e. The fraction of sp³-hybridized carbons (Fsp3) is 0.0800. The maximum absolute atomic E-state index is 13.3. The first-order valence-electron chi connectivity index (χ1n) is 10.4. The van der Waals surface area contributed by atoms with Crippen molar-refractivity contribution in [2.75, 3.05) is 12.4 Å². The lowest BCUT2D eigenvalue weighted by Gasteiger charge is -2.06. The number of ether oxygens (including phenoxy) is 1. The number of carbonyl (C=O) groups excluding carboxylic acids is 1. The second kappa shape index (κ2) is 8.51. The van der Waals surface area contributed by atoms with Gasteiger partial charge in [-0.1, -0.05) is 30.3 Å². The molecule has 0 aliphatic heterocycles. The number of aromatic amines is 2. The van der Waals surface area contributed by atoms with Gasteiger partial charge in [0.05, 0.1) is 30.3 Å². The minimum atomic E-state index is -0.294. The van der Waals surface area contributed by atoms with Crippen LogP contribution in [0.5, 0.6) is 5.75 Å². The SMILES string of the molecule is COc1ccc(-c2nn(Cc3ccccc3)cc2C(=O)Nc2ccc3[nH]c(=O)[nH]c3c2)cc1. The molecule has 1 amide bonds. The Morgan fingerprint density at radius 3 is 2.52 bits per heavy atom. The summed E-state index contributed by atoms with van der Waals surface area (Å²) in [5.41, 5.74) is 4.46. The highest BCUT2D eigenvalue weighted by atomic mass is 16.5. The predicted molar refractivity (Wildman–Crippen MR) is 127 cm³/mol. The Labute approximate surface area is 188 Å². The largest absolute Gasteiger partial charge is 0.497 e. The summed E-state index contributed by atoms with van der Waals surface area (Å²) >= 11 is 0. The van der Waals surface area contributed by atoms with Crippen LogP contribution in [-0.4, -0.2) is 32.8 Å². The summed E-state index contributed by atoms with van der Waals surface area (Å²) in [6.07, 6.45) is 1.75. The summed E-state index contributed by atoms with van der Waals surface area (Å²) in [6, 6.07) is 22.6. The van der Waals surface area contributed by atoms with Gasteiger partial charge in [-0.15, -0.1) is 0 Å². The quantitative estimate of drug-likeness (QED) is 0.371. The Bertz CT molecular complexity index is 1480. The molecule has 2 aromatic heterocycles. The van der Waals surface area contributed by atoms with Gasteiger partial charge in [0.1, 0.15) is 11.4 Å². The highest BCUT2D eigenvalue weighted by molar-refractivity contribution is 6.08. The fourth-order valence-electron chi connectivity index (χ4n) is 3.71. The minimum Gasteiger partial charge on any atom is -0.497 e. The summed E-state index contributed by atoms with van der Waals surface area (Å²) in [5, 5.41) is 7.63. The van der Waals surface area contributed by atoms with Crippen LogP contribution in [0.25, 0.3) is 22.3 Å². The van der Waals surface area contributed by atoms with Gasteiger partial charge in [0.25, 0.3) is 5.91 Å². The van der Waals surface area contributed by atoms with Gasteiger partial charge in [-0.05, 0) is 48.0 Å². The molecule has 5 aromatic rings. The van der Waals surface area contributed by atoms with Crippen molar-refractivity contribution in [2.45, 2.75) is 6.54 Å². The van der Waals surface area contributed by atoms with Gasteiger partial charge in [0, 0.05) is 17.4 Å². The van der Waals surface area contributed by atoms with E-state index in [4.69, 9.17) is 9.84 Å². The third-order valence-electron chi connectivity index (χ3n) is 5.33. The molecular weight excluding hydrogens is 418 g/mol. The molecule has 0 aliphatic rings. The standard InChI is InChI=1S/C25H21N5O3/c1-33-19-10-7-17(8-11-19)23-20(15-30(29-23)14-16-5-3-2-4-6-16)24(31)26-18-9-12-21-22(13-18)28-25(32)27-21/h2-13,15H,14H2,1H3,(H,26,31)(H2,27,28,32). The maximum atomic E-state index is 13.3. The number of H-pyrrole nitrogens is 2. The number of benzene rings is 3. The molecule has 0 fully saturated rings. The molecule has 5 rings (SSSR count). The lowest BCUT2D eigenvalue weighted by atomic mass is 10.1. The number of imidazole rings is 1. The lowest BCUT2D eigenvalue weighted by molar-refractivity contribution is 0.102.